The molecule has 0 N–H and O–H groups in total. The van der Waals surface area contributed by atoms with Gasteiger partial charge in [0.2, 0.25) is 0 Å². The molecule has 1 amide bonds. The highest BCUT2D eigenvalue weighted by molar-refractivity contribution is 8.00. The second kappa shape index (κ2) is 5.09. The molecule has 2 rings (SSSR count). The lowest BCUT2D eigenvalue weighted by Crippen LogP contribution is -2.39. The molecule has 0 saturated heterocycles. The van der Waals surface area contributed by atoms with Crippen molar-refractivity contribution >= 4 is 29.2 Å². The first kappa shape index (κ1) is 13.7. The Morgan fingerprint density at radius 1 is 1.50 bits per heavy atom. The highest BCUT2D eigenvalue weighted by Gasteiger charge is 2.27. The molecule has 0 unspecified atom stereocenters. The fourth-order valence-electron chi connectivity index (χ4n) is 1.74. The fraction of sp³-hybridized carbons (Fsp3) is 0.667. The lowest BCUT2D eigenvalue weighted by Gasteiger charge is -2.29. The van der Waals surface area contributed by atoms with Crippen molar-refractivity contribution in [2.45, 2.75) is 43.7 Å². The molecular weight excluding hydrogens is 268 g/mol. The number of carbonyl (C=O) groups is 1. The lowest BCUT2D eigenvalue weighted by molar-refractivity contribution is 0.0222. The molecule has 0 aliphatic carbocycles. The van der Waals surface area contributed by atoms with Gasteiger partial charge in [-0.2, -0.15) is 0 Å². The summed E-state index contributed by atoms with van der Waals surface area (Å²) < 4.78 is 6.46. The molecule has 2 heterocycles. The standard InChI is InChI=1S/C12H18N2O2S2/c1-12(2,3)16-11(15)14-6-5-9-8(7-14)13-10(17-4)18-9/h5-7H2,1-4H3. The third-order valence-corrected chi connectivity index (χ3v) is 4.68. The Bertz CT molecular complexity index is 451. The number of rotatable bonds is 1. The molecule has 0 atom stereocenters. The Balaban J connectivity index is 2.05. The van der Waals surface area contributed by atoms with Crippen LogP contribution in [0.2, 0.25) is 0 Å². The van der Waals surface area contributed by atoms with Crippen molar-refractivity contribution in [3.05, 3.63) is 10.6 Å². The van der Waals surface area contributed by atoms with E-state index >= 15 is 0 Å². The van der Waals surface area contributed by atoms with Gasteiger partial charge in [0.25, 0.3) is 0 Å². The summed E-state index contributed by atoms with van der Waals surface area (Å²) in [7, 11) is 0. The van der Waals surface area contributed by atoms with Crippen LogP contribution in [0.4, 0.5) is 4.79 Å². The second-order valence-electron chi connectivity index (χ2n) is 5.21. The van der Waals surface area contributed by atoms with Crippen LogP contribution >= 0.6 is 23.1 Å². The maximum atomic E-state index is 12.0. The molecule has 0 saturated carbocycles. The van der Waals surface area contributed by atoms with E-state index in [0.29, 0.717) is 6.54 Å². The van der Waals surface area contributed by atoms with Gasteiger partial charge in [0.1, 0.15) is 9.94 Å². The van der Waals surface area contributed by atoms with Crippen LogP contribution in [0.3, 0.4) is 0 Å². The number of nitrogens with zero attached hydrogens (tertiary/aromatic N) is 2. The number of thiazole rings is 1. The van der Waals surface area contributed by atoms with Crippen LogP contribution in [0.5, 0.6) is 0 Å². The zero-order chi connectivity index (χ0) is 13.3. The van der Waals surface area contributed by atoms with Gasteiger partial charge in [0.15, 0.2) is 0 Å². The van der Waals surface area contributed by atoms with E-state index in [1.807, 2.05) is 27.0 Å². The topological polar surface area (TPSA) is 42.4 Å². The first-order valence-electron chi connectivity index (χ1n) is 5.89. The van der Waals surface area contributed by atoms with Crippen molar-refractivity contribution in [1.29, 1.82) is 0 Å². The summed E-state index contributed by atoms with van der Waals surface area (Å²) in [6, 6.07) is 0. The fourth-order valence-corrected chi connectivity index (χ4v) is 3.37. The highest BCUT2D eigenvalue weighted by atomic mass is 32.2. The van der Waals surface area contributed by atoms with Crippen molar-refractivity contribution in [1.82, 2.24) is 9.88 Å². The highest BCUT2D eigenvalue weighted by Crippen LogP contribution is 2.30. The predicted octanol–water partition coefficient (Wildman–Crippen LogP) is 3.16. The van der Waals surface area contributed by atoms with Crippen molar-refractivity contribution in [2.75, 3.05) is 12.8 Å². The van der Waals surface area contributed by atoms with E-state index in [4.69, 9.17) is 4.74 Å². The number of aromatic nitrogens is 1. The van der Waals surface area contributed by atoms with Crippen LogP contribution in [0.25, 0.3) is 0 Å². The zero-order valence-electron chi connectivity index (χ0n) is 11.1. The Kier molecular flexibility index (Phi) is 3.87. The molecule has 4 nitrogen and oxygen atoms in total. The summed E-state index contributed by atoms with van der Waals surface area (Å²) in [5, 5.41) is 0. The average molecular weight is 286 g/mol. The van der Waals surface area contributed by atoms with E-state index in [9.17, 15) is 4.79 Å². The Morgan fingerprint density at radius 3 is 2.83 bits per heavy atom. The lowest BCUT2D eigenvalue weighted by atomic mass is 10.2. The van der Waals surface area contributed by atoms with E-state index in [2.05, 4.69) is 4.98 Å². The van der Waals surface area contributed by atoms with Gasteiger partial charge in [0, 0.05) is 17.8 Å². The third kappa shape index (κ3) is 3.17. The Hall–Kier alpha value is -0.750. The van der Waals surface area contributed by atoms with Gasteiger partial charge < -0.3 is 9.64 Å². The summed E-state index contributed by atoms with van der Waals surface area (Å²) in [6.07, 6.45) is 2.66. The average Bonchev–Trinajstić information content (AvgIpc) is 2.68. The van der Waals surface area contributed by atoms with Gasteiger partial charge in [-0.05, 0) is 27.0 Å². The summed E-state index contributed by atoms with van der Waals surface area (Å²) in [5.41, 5.74) is 0.589. The van der Waals surface area contributed by atoms with Crippen LogP contribution < -0.4 is 0 Å². The number of thioether (sulfide) groups is 1. The molecule has 0 aromatic carbocycles. The number of fused-ring (bicyclic) bond motifs is 1. The first-order valence-corrected chi connectivity index (χ1v) is 7.93. The minimum Gasteiger partial charge on any atom is -0.444 e. The van der Waals surface area contributed by atoms with Crippen molar-refractivity contribution in [2.24, 2.45) is 0 Å². The van der Waals surface area contributed by atoms with Crippen molar-refractivity contribution in [3.63, 3.8) is 0 Å². The molecule has 1 aromatic rings. The van der Waals surface area contributed by atoms with Crippen LogP contribution in [-0.4, -0.2) is 34.4 Å². The van der Waals surface area contributed by atoms with Crippen LogP contribution in [0, 0.1) is 0 Å². The minimum atomic E-state index is -0.441. The number of hydrogen-bond acceptors (Lipinski definition) is 5. The van der Waals surface area contributed by atoms with Crippen LogP contribution in [0.1, 0.15) is 31.3 Å². The second-order valence-corrected chi connectivity index (χ2v) is 7.34. The van der Waals surface area contributed by atoms with E-state index in [-0.39, 0.29) is 6.09 Å². The van der Waals surface area contributed by atoms with Gasteiger partial charge in [-0.3, -0.25) is 0 Å². The van der Waals surface area contributed by atoms with Gasteiger partial charge in [0.05, 0.1) is 12.2 Å². The summed E-state index contributed by atoms with van der Waals surface area (Å²) in [5.74, 6) is 0. The number of ether oxygens (including phenoxy) is 1. The molecule has 100 valence electrons. The quantitative estimate of drug-likeness (QED) is 0.744. The summed E-state index contributed by atoms with van der Waals surface area (Å²) in [6.45, 7) is 6.94. The number of carbonyl (C=O) groups excluding carboxylic acids is 1. The molecule has 0 spiro atoms. The van der Waals surface area contributed by atoms with Crippen LogP contribution in [0.15, 0.2) is 4.34 Å². The Labute approximate surface area is 116 Å². The maximum Gasteiger partial charge on any atom is 0.410 e. The van der Waals surface area contributed by atoms with E-state index < -0.39 is 5.60 Å². The van der Waals surface area contributed by atoms with Gasteiger partial charge in [-0.1, -0.05) is 11.8 Å². The molecule has 1 aliphatic heterocycles. The number of amides is 1. The molecule has 18 heavy (non-hydrogen) atoms. The monoisotopic (exact) mass is 286 g/mol. The van der Waals surface area contributed by atoms with Gasteiger partial charge in [-0.25, -0.2) is 9.78 Å². The van der Waals surface area contributed by atoms with E-state index in [0.717, 1.165) is 23.0 Å². The van der Waals surface area contributed by atoms with E-state index in [1.165, 1.54) is 4.88 Å². The minimum absolute atomic E-state index is 0.244. The first-order chi connectivity index (χ1) is 8.39. The molecular formula is C12H18N2O2S2. The van der Waals surface area contributed by atoms with Gasteiger partial charge in [-0.15, -0.1) is 11.3 Å². The van der Waals surface area contributed by atoms with Gasteiger partial charge >= 0.3 is 6.09 Å². The largest absolute Gasteiger partial charge is 0.444 e. The number of hydrogen-bond donors (Lipinski definition) is 0. The smallest absolute Gasteiger partial charge is 0.410 e. The predicted molar refractivity (Wildman–Crippen MR) is 74.2 cm³/mol. The summed E-state index contributed by atoms with van der Waals surface area (Å²) >= 11 is 3.39. The van der Waals surface area contributed by atoms with Crippen molar-refractivity contribution in [3.8, 4) is 0 Å². The van der Waals surface area contributed by atoms with Crippen molar-refractivity contribution < 1.29 is 9.53 Å². The normalized spacial score (nSPS) is 15.4. The molecule has 0 bridgehead atoms. The molecule has 1 aliphatic rings. The molecule has 6 heteroatoms. The summed E-state index contributed by atoms with van der Waals surface area (Å²) in [4.78, 5) is 19.5. The SMILES string of the molecule is CSc1nc2c(s1)CCN(C(=O)OC(C)(C)C)C2. The maximum absolute atomic E-state index is 12.0. The Morgan fingerprint density at radius 2 is 2.22 bits per heavy atom. The molecule has 0 fully saturated rings. The molecule has 0 radical (unpaired) electrons. The zero-order valence-corrected chi connectivity index (χ0v) is 12.8. The third-order valence-electron chi connectivity index (χ3n) is 2.53. The molecule has 1 aromatic heterocycles. The van der Waals surface area contributed by atoms with E-state index in [1.54, 1.807) is 28.0 Å². The van der Waals surface area contributed by atoms with Crippen LogP contribution in [-0.2, 0) is 17.7 Å².